The van der Waals surface area contributed by atoms with Gasteiger partial charge in [0.2, 0.25) is 0 Å². The van der Waals surface area contributed by atoms with Crippen LogP contribution >= 0.6 is 11.6 Å². The third kappa shape index (κ3) is 4.10. The number of aromatic nitrogens is 1. The highest BCUT2D eigenvalue weighted by atomic mass is 35.5. The second-order valence-electron chi connectivity index (χ2n) is 4.94. The van der Waals surface area contributed by atoms with Gasteiger partial charge in [0.1, 0.15) is 5.82 Å². The first-order chi connectivity index (χ1) is 10.2. The van der Waals surface area contributed by atoms with Gasteiger partial charge >= 0.3 is 6.03 Å². The highest BCUT2D eigenvalue weighted by Gasteiger charge is 2.23. The number of anilines is 3. The van der Waals surface area contributed by atoms with Crippen LogP contribution in [0.4, 0.5) is 22.0 Å². The monoisotopic (exact) mass is 302 g/mol. The van der Waals surface area contributed by atoms with Crippen LogP contribution in [0.1, 0.15) is 12.8 Å². The molecule has 0 bridgehead atoms. The number of carbonyl (C=O) groups is 1. The molecule has 1 fully saturated rings. The molecule has 1 aromatic carbocycles. The minimum absolute atomic E-state index is 0.205. The summed E-state index contributed by atoms with van der Waals surface area (Å²) >= 11 is 5.84. The number of rotatable bonds is 4. The number of hydrogen-bond donors (Lipinski definition) is 3. The Bertz CT molecular complexity index is 623. The van der Waals surface area contributed by atoms with E-state index < -0.39 is 0 Å². The van der Waals surface area contributed by atoms with E-state index in [4.69, 9.17) is 11.6 Å². The predicted molar refractivity (Wildman–Crippen MR) is 84.1 cm³/mol. The SMILES string of the molecule is O=C(Nc1ccc(Nc2ccc(Cl)cc2)cn1)NC1CC1. The molecule has 3 N–H and O–H groups in total. The molecular formula is C15H15ClN4O. The Morgan fingerprint density at radius 3 is 2.43 bits per heavy atom. The minimum Gasteiger partial charge on any atom is -0.354 e. The van der Waals surface area contributed by atoms with E-state index in [9.17, 15) is 4.79 Å². The molecule has 0 spiro atoms. The number of pyridine rings is 1. The molecule has 0 radical (unpaired) electrons. The lowest BCUT2D eigenvalue weighted by Gasteiger charge is -2.08. The summed E-state index contributed by atoms with van der Waals surface area (Å²) in [4.78, 5) is 15.8. The molecule has 1 aliphatic carbocycles. The largest absolute Gasteiger partial charge is 0.354 e. The predicted octanol–water partition coefficient (Wildman–Crippen LogP) is 3.76. The first kappa shape index (κ1) is 13.7. The van der Waals surface area contributed by atoms with Crippen molar-refractivity contribution >= 4 is 34.8 Å². The molecule has 1 saturated carbocycles. The quantitative estimate of drug-likeness (QED) is 0.805. The van der Waals surface area contributed by atoms with Crippen molar-refractivity contribution in [2.24, 2.45) is 0 Å². The minimum atomic E-state index is -0.205. The molecule has 2 amide bonds. The highest BCUT2D eigenvalue weighted by Crippen LogP contribution is 2.20. The van der Waals surface area contributed by atoms with Gasteiger partial charge in [0.05, 0.1) is 11.9 Å². The summed E-state index contributed by atoms with van der Waals surface area (Å²) in [6, 6.07) is 11.1. The number of nitrogens with zero attached hydrogens (tertiary/aromatic N) is 1. The Morgan fingerprint density at radius 1 is 1.10 bits per heavy atom. The van der Waals surface area contributed by atoms with Crippen LogP contribution in [0.2, 0.25) is 5.02 Å². The van der Waals surface area contributed by atoms with Crippen LogP contribution in [0, 0.1) is 0 Å². The summed E-state index contributed by atoms with van der Waals surface area (Å²) in [5.74, 6) is 0.523. The van der Waals surface area contributed by atoms with Gasteiger partial charge in [-0.25, -0.2) is 9.78 Å². The van der Waals surface area contributed by atoms with Crippen molar-refractivity contribution in [3.63, 3.8) is 0 Å². The summed E-state index contributed by atoms with van der Waals surface area (Å²) < 4.78 is 0. The van der Waals surface area contributed by atoms with Gasteiger partial charge in [-0.15, -0.1) is 0 Å². The third-order valence-corrected chi connectivity index (χ3v) is 3.30. The van der Waals surface area contributed by atoms with Gasteiger partial charge in [-0.2, -0.15) is 0 Å². The van der Waals surface area contributed by atoms with E-state index in [-0.39, 0.29) is 6.03 Å². The van der Waals surface area contributed by atoms with Crippen LogP contribution < -0.4 is 16.0 Å². The maximum absolute atomic E-state index is 11.6. The van der Waals surface area contributed by atoms with Gasteiger partial charge in [0.15, 0.2) is 0 Å². The average molecular weight is 303 g/mol. The lowest BCUT2D eigenvalue weighted by atomic mass is 10.3. The van der Waals surface area contributed by atoms with Crippen LogP contribution in [-0.2, 0) is 0 Å². The van der Waals surface area contributed by atoms with E-state index in [0.29, 0.717) is 16.9 Å². The Balaban J connectivity index is 1.58. The van der Waals surface area contributed by atoms with Crippen LogP contribution in [-0.4, -0.2) is 17.1 Å². The van der Waals surface area contributed by atoms with E-state index in [1.807, 2.05) is 30.3 Å². The van der Waals surface area contributed by atoms with Crippen molar-refractivity contribution in [2.45, 2.75) is 18.9 Å². The van der Waals surface area contributed by atoms with Crippen LogP contribution in [0.25, 0.3) is 0 Å². The first-order valence-electron chi connectivity index (χ1n) is 6.75. The fourth-order valence-corrected chi connectivity index (χ4v) is 1.93. The molecule has 0 saturated heterocycles. The maximum Gasteiger partial charge on any atom is 0.320 e. The topological polar surface area (TPSA) is 66.0 Å². The van der Waals surface area contributed by atoms with Gasteiger partial charge < -0.3 is 10.6 Å². The van der Waals surface area contributed by atoms with Gasteiger partial charge in [-0.1, -0.05) is 11.6 Å². The van der Waals surface area contributed by atoms with Crippen molar-refractivity contribution in [3.8, 4) is 0 Å². The lowest BCUT2D eigenvalue weighted by Crippen LogP contribution is -2.30. The summed E-state index contributed by atoms with van der Waals surface area (Å²) in [5, 5.41) is 9.45. The molecule has 108 valence electrons. The van der Waals surface area contributed by atoms with Crippen molar-refractivity contribution in [1.29, 1.82) is 0 Å². The van der Waals surface area contributed by atoms with Crippen LogP contribution in [0.15, 0.2) is 42.6 Å². The molecule has 21 heavy (non-hydrogen) atoms. The number of halogens is 1. The number of carbonyl (C=O) groups excluding carboxylic acids is 1. The molecule has 0 unspecified atom stereocenters. The molecule has 0 atom stereocenters. The van der Waals surface area contributed by atoms with Gasteiger partial charge in [0.25, 0.3) is 0 Å². The molecule has 1 heterocycles. The number of nitrogens with one attached hydrogen (secondary N) is 3. The number of urea groups is 1. The molecular weight excluding hydrogens is 288 g/mol. The van der Waals surface area contributed by atoms with E-state index in [2.05, 4.69) is 20.9 Å². The van der Waals surface area contributed by atoms with E-state index in [1.165, 1.54) is 0 Å². The smallest absolute Gasteiger partial charge is 0.320 e. The molecule has 6 heteroatoms. The number of hydrogen-bond acceptors (Lipinski definition) is 3. The molecule has 1 aromatic heterocycles. The second kappa shape index (κ2) is 6.01. The molecule has 2 aromatic rings. The number of benzene rings is 1. The zero-order valence-corrected chi connectivity index (χ0v) is 12.0. The first-order valence-corrected chi connectivity index (χ1v) is 7.13. The lowest BCUT2D eigenvalue weighted by molar-refractivity contribution is 0.251. The molecule has 1 aliphatic rings. The zero-order valence-electron chi connectivity index (χ0n) is 11.3. The summed E-state index contributed by atoms with van der Waals surface area (Å²) in [6.45, 7) is 0. The van der Waals surface area contributed by atoms with Crippen molar-refractivity contribution in [2.75, 3.05) is 10.6 Å². The van der Waals surface area contributed by atoms with Crippen molar-refractivity contribution in [3.05, 3.63) is 47.6 Å². The Hall–Kier alpha value is -2.27. The van der Waals surface area contributed by atoms with Crippen LogP contribution in [0.5, 0.6) is 0 Å². The van der Waals surface area contributed by atoms with Gasteiger partial charge in [0, 0.05) is 16.8 Å². The zero-order chi connectivity index (χ0) is 14.7. The van der Waals surface area contributed by atoms with E-state index in [1.54, 1.807) is 12.3 Å². The summed E-state index contributed by atoms with van der Waals surface area (Å²) in [7, 11) is 0. The highest BCUT2D eigenvalue weighted by molar-refractivity contribution is 6.30. The van der Waals surface area contributed by atoms with Gasteiger partial charge in [-0.3, -0.25) is 5.32 Å². The summed E-state index contributed by atoms with van der Waals surface area (Å²) in [5.41, 5.74) is 1.76. The average Bonchev–Trinajstić information content (AvgIpc) is 3.27. The maximum atomic E-state index is 11.6. The second-order valence-corrected chi connectivity index (χ2v) is 5.37. The van der Waals surface area contributed by atoms with Crippen molar-refractivity contribution in [1.82, 2.24) is 10.3 Å². The van der Waals surface area contributed by atoms with Crippen LogP contribution in [0.3, 0.4) is 0 Å². The van der Waals surface area contributed by atoms with E-state index >= 15 is 0 Å². The standard InChI is InChI=1S/C15H15ClN4O/c16-10-1-3-11(4-2-10)18-13-7-8-14(17-9-13)20-15(21)19-12-5-6-12/h1-4,7-9,12,18H,5-6H2,(H2,17,19,20,21). The molecule has 3 rings (SSSR count). The van der Waals surface area contributed by atoms with E-state index in [0.717, 1.165) is 24.2 Å². The summed E-state index contributed by atoms with van der Waals surface area (Å²) in [6.07, 6.45) is 3.79. The normalized spacial score (nSPS) is 13.6. The fraction of sp³-hybridized carbons (Fsp3) is 0.200. The Kier molecular flexibility index (Phi) is 3.92. The van der Waals surface area contributed by atoms with Crippen molar-refractivity contribution < 1.29 is 4.79 Å². The third-order valence-electron chi connectivity index (χ3n) is 3.05. The molecule has 5 nitrogen and oxygen atoms in total. The fourth-order valence-electron chi connectivity index (χ4n) is 1.81. The Labute approximate surface area is 127 Å². The Morgan fingerprint density at radius 2 is 1.81 bits per heavy atom. The molecule has 0 aliphatic heterocycles. The number of amides is 2. The van der Waals surface area contributed by atoms with Gasteiger partial charge in [-0.05, 0) is 49.2 Å².